The number of nitrogens with zero attached hydrogens (tertiary/aromatic N) is 2. The van der Waals surface area contributed by atoms with Gasteiger partial charge in [-0.1, -0.05) is 6.92 Å². The maximum atomic E-state index is 4.19. The standard InChI is InChI=1S/C7H10N2S/c1-2-7-6-3-4-8-9(6)5-10-7/h3-4,7H,2,5H2,1H3. The Morgan fingerprint density at radius 2 is 2.80 bits per heavy atom. The van der Waals surface area contributed by atoms with E-state index in [2.05, 4.69) is 22.8 Å². The quantitative estimate of drug-likeness (QED) is 0.616. The second-order valence-electron chi connectivity index (χ2n) is 2.45. The SMILES string of the molecule is CCC1SCn2nccc21. The molecule has 2 heterocycles. The summed E-state index contributed by atoms with van der Waals surface area (Å²) < 4.78 is 2.08. The lowest BCUT2D eigenvalue weighted by Gasteiger charge is -2.00. The van der Waals surface area contributed by atoms with E-state index in [9.17, 15) is 0 Å². The van der Waals surface area contributed by atoms with E-state index in [1.165, 1.54) is 12.1 Å². The second-order valence-corrected chi connectivity index (χ2v) is 3.61. The molecule has 0 N–H and O–H groups in total. The zero-order chi connectivity index (χ0) is 6.97. The Morgan fingerprint density at radius 3 is 3.60 bits per heavy atom. The first-order chi connectivity index (χ1) is 4.92. The summed E-state index contributed by atoms with van der Waals surface area (Å²) in [4.78, 5) is 0. The number of hydrogen-bond donors (Lipinski definition) is 0. The van der Waals surface area contributed by atoms with Crippen molar-refractivity contribution in [3.05, 3.63) is 18.0 Å². The zero-order valence-electron chi connectivity index (χ0n) is 5.95. The molecule has 1 aromatic heterocycles. The fourth-order valence-corrected chi connectivity index (χ4v) is 2.44. The van der Waals surface area contributed by atoms with Crippen molar-refractivity contribution in [2.75, 3.05) is 0 Å². The Labute approximate surface area is 64.6 Å². The average Bonchev–Trinajstić information content (AvgIpc) is 2.44. The molecular weight excluding hydrogens is 144 g/mol. The van der Waals surface area contributed by atoms with Gasteiger partial charge in [0.25, 0.3) is 0 Å². The normalized spacial score (nSPS) is 23.1. The van der Waals surface area contributed by atoms with Crippen molar-refractivity contribution in [2.24, 2.45) is 0 Å². The fraction of sp³-hybridized carbons (Fsp3) is 0.571. The summed E-state index contributed by atoms with van der Waals surface area (Å²) in [6.07, 6.45) is 3.11. The second kappa shape index (κ2) is 2.31. The summed E-state index contributed by atoms with van der Waals surface area (Å²) in [5.74, 6) is 1.04. The lowest BCUT2D eigenvalue weighted by atomic mass is 10.2. The molecular formula is C7H10N2S. The number of thioether (sulfide) groups is 1. The van der Waals surface area contributed by atoms with Crippen LogP contribution in [0, 0.1) is 0 Å². The third kappa shape index (κ3) is 0.770. The minimum absolute atomic E-state index is 0.697. The van der Waals surface area contributed by atoms with Crippen LogP contribution in [0.5, 0.6) is 0 Å². The zero-order valence-corrected chi connectivity index (χ0v) is 6.77. The Balaban J connectivity index is 2.34. The molecule has 0 aromatic carbocycles. The molecule has 0 bridgehead atoms. The number of fused-ring (bicyclic) bond motifs is 1. The first-order valence-electron chi connectivity index (χ1n) is 3.55. The molecule has 1 unspecified atom stereocenters. The minimum Gasteiger partial charge on any atom is -0.258 e. The van der Waals surface area contributed by atoms with Crippen LogP contribution in [0.2, 0.25) is 0 Å². The third-order valence-electron chi connectivity index (χ3n) is 1.85. The lowest BCUT2D eigenvalue weighted by molar-refractivity contribution is 0.716. The summed E-state index contributed by atoms with van der Waals surface area (Å²) in [5, 5.41) is 4.89. The Bertz CT molecular complexity index is 231. The van der Waals surface area contributed by atoms with Crippen molar-refractivity contribution < 1.29 is 0 Å². The van der Waals surface area contributed by atoms with Crippen LogP contribution in [0.1, 0.15) is 24.3 Å². The Hall–Kier alpha value is -0.440. The highest BCUT2D eigenvalue weighted by Crippen LogP contribution is 2.38. The van der Waals surface area contributed by atoms with Crippen molar-refractivity contribution >= 4 is 11.8 Å². The van der Waals surface area contributed by atoms with Crippen LogP contribution in [-0.2, 0) is 5.88 Å². The molecule has 0 aliphatic carbocycles. The van der Waals surface area contributed by atoms with Crippen LogP contribution in [0.3, 0.4) is 0 Å². The van der Waals surface area contributed by atoms with E-state index in [1.807, 2.05) is 18.0 Å². The van der Waals surface area contributed by atoms with Crippen LogP contribution in [0.4, 0.5) is 0 Å². The van der Waals surface area contributed by atoms with E-state index in [-0.39, 0.29) is 0 Å². The van der Waals surface area contributed by atoms with Gasteiger partial charge in [0.1, 0.15) is 0 Å². The van der Waals surface area contributed by atoms with Gasteiger partial charge in [-0.05, 0) is 12.5 Å². The van der Waals surface area contributed by atoms with Crippen molar-refractivity contribution in [3.63, 3.8) is 0 Å². The maximum absolute atomic E-state index is 4.19. The molecule has 0 saturated carbocycles. The van der Waals surface area contributed by atoms with Gasteiger partial charge in [-0.3, -0.25) is 4.68 Å². The molecule has 3 heteroatoms. The molecule has 54 valence electrons. The predicted molar refractivity (Wildman–Crippen MR) is 42.9 cm³/mol. The molecule has 0 saturated heterocycles. The summed E-state index contributed by atoms with van der Waals surface area (Å²) >= 11 is 1.98. The van der Waals surface area contributed by atoms with Crippen LogP contribution < -0.4 is 0 Å². The van der Waals surface area contributed by atoms with Gasteiger partial charge in [-0.15, -0.1) is 11.8 Å². The van der Waals surface area contributed by atoms with Gasteiger partial charge in [0.15, 0.2) is 0 Å². The fourth-order valence-electron chi connectivity index (χ4n) is 1.30. The van der Waals surface area contributed by atoms with E-state index in [4.69, 9.17) is 0 Å². The molecule has 0 spiro atoms. The molecule has 1 aromatic rings. The van der Waals surface area contributed by atoms with Gasteiger partial charge < -0.3 is 0 Å². The molecule has 10 heavy (non-hydrogen) atoms. The van der Waals surface area contributed by atoms with E-state index in [0.717, 1.165) is 5.88 Å². The Kier molecular flexibility index (Phi) is 1.45. The molecule has 2 nitrogen and oxygen atoms in total. The van der Waals surface area contributed by atoms with Crippen LogP contribution in [-0.4, -0.2) is 9.78 Å². The average molecular weight is 154 g/mol. The topological polar surface area (TPSA) is 17.8 Å². The first-order valence-corrected chi connectivity index (χ1v) is 4.60. The number of hydrogen-bond acceptors (Lipinski definition) is 2. The molecule has 1 aliphatic heterocycles. The smallest absolute Gasteiger partial charge is 0.0873 e. The lowest BCUT2D eigenvalue weighted by Crippen LogP contribution is -1.93. The van der Waals surface area contributed by atoms with E-state index in [0.29, 0.717) is 5.25 Å². The largest absolute Gasteiger partial charge is 0.258 e. The van der Waals surface area contributed by atoms with E-state index in [1.54, 1.807) is 0 Å². The highest BCUT2D eigenvalue weighted by Gasteiger charge is 2.20. The van der Waals surface area contributed by atoms with Gasteiger partial charge in [0, 0.05) is 11.4 Å². The maximum Gasteiger partial charge on any atom is 0.0873 e. The van der Waals surface area contributed by atoms with Crippen molar-refractivity contribution in [3.8, 4) is 0 Å². The van der Waals surface area contributed by atoms with Crippen molar-refractivity contribution in [2.45, 2.75) is 24.5 Å². The van der Waals surface area contributed by atoms with Gasteiger partial charge >= 0.3 is 0 Å². The van der Waals surface area contributed by atoms with Crippen molar-refractivity contribution in [1.29, 1.82) is 0 Å². The molecule has 1 aliphatic rings. The van der Waals surface area contributed by atoms with E-state index < -0.39 is 0 Å². The highest BCUT2D eigenvalue weighted by molar-refractivity contribution is 7.98. The monoisotopic (exact) mass is 154 g/mol. The summed E-state index contributed by atoms with van der Waals surface area (Å²) in [5.41, 5.74) is 1.40. The molecule has 2 rings (SSSR count). The summed E-state index contributed by atoms with van der Waals surface area (Å²) in [6, 6.07) is 2.12. The summed E-state index contributed by atoms with van der Waals surface area (Å²) in [7, 11) is 0. The van der Waals surface area contributed by atoms with Crippen LogP contribution in [0.25, 0.3) is 0 Å². The highest BCUT2D eigenvalue weighted by atomic mass is 32.2. The summed E-state index contributed by atoms with van der Waals surface area (Å²) in [6.45, 7) is 2.22. The molecule has 0 fully saturated rings. The van der Waals surface area contributed by atoms with Gasteiger partial charge in [0.2, 0.25) is 0 Å². The predicted octanol–water partition coefficient (Wildman–Crippen LogP) is 2.04. The first kappa shape index (κ1) is 6.28. The van der Waals surface area contributed by atoms with Gasteiger partial charge in [-0.25, -0.2) is 0 Å². The minimum atomic E-state index is 0.697. The van der Waals surface area contributed by atoms with Gasteiger partial charge in [0.05, 0.1) is 11.6 Å². The molecule has 1 atom stereocenters. The van der Waals surface area contributed by atoms with Crippen LogP contribution >= 0.6 is 11.8 Å². The van der Waals surface area contributed by atoms with Gasteiger partial charge in [-0.2, -0.15) is 5.10 Å². The number of aromatic nitrogens is 2. The number of rotatable bonds is 1. The van der Waals surface area contributed by atoms with E-state index >= 15 is 0 Å². The van der Waals surface area contributed by atoms with Crippen molar-refractivity contribution in [1.82, 2.24) is 9.78 Å². The molecule has 0 amide bonds. The van der Waals surface area contributed by atoms with Crippen LogP contribution in [0.15, 0.2) is 12.3 Å². The Morgan fingerprint density at radius 1 is 1.90 bits per heavy atom. The third-order valence-corrected chi connectivity index (χ3v) is 3.22. The molecule has 0 radical (unpaired) electrons.